The van der Waals surface area contributed by atoms with Gasteiger partial charge >= 0.3 is 0 Å². The van der Waals surface area contributed by atoms with Crippen LogP contribution in [0.1, 0.15) is 32.1 Å². The van der Waals surface area contributed by atoms with Crippen molar-refractivity contribution in [2.75, 3.05) is 33.4 Å². The van der Waals surface area contributed by atoms with Gasteiger partial charge < -0.3 is 14.8 Å². The molecule has 0 amide bonds. The van der Waals surface area contributed by atoms with Crippen molar-refractivity contribution in [3.63, 3.8) is 0 Å². The fourth-order valence-electron chi connectivity index (χ4n) is 1.79. The van der Waals surface area contributed by atoms with E-state index in [1.807, 2.05) is 0 Å². The van der Waals surface area contributed by atoms with Crippen molar-refractivity contribution in [1.82, 2.24) is 5.32 Å². The third-order valence-electron chi connectivity index (χ3n) is 2.64. The van der Waals surface area contributed by atoms with Gasteiger partial charge in [-0.1, -0.05) is 0 Å². The minimum absolute atomic E-state index is 0.564. The molecule has 1 atom stereocenters. The Kier molecular flexibility index (Phi) is 7.01. The summed E-state index contributed by atoms with van der Waals surface area (Å²) >= 11 is 0. The zero-order valence-corrected chi connectivity index (χ0v) is 9.26. The van der Waals surface area contributed by atoms with Crippen LogP contribution in [0.2, 0.25) is 0 Å². The Labute approximate surface area is 87.2 Å². The molecule has 1 aliphatic rings. The lowest BCUT2D eigenvalue weighted by Crippen LogP contribution is -2.20. The molecule has 1 aliphatic heterocycles. The molecular formula is C11H23NO2. The molecule has 0 aliphatic carbocycles. The van der Waals surface area contributed by atoms with Crippen molar-refractivity contribution in [2.24, 2.45) is 0 Å². The molecule has 0 radical (unpaired) electrons. The highest BCUT2D eigenvalue weighted by Crippen LogP contribution is 2.17. The Morgan fingerprint density at radius 1 is 1.36 bits per heavy atom. The van der Waals surface area contributed by atoms with Crippen LogP contribution < -0.4 is 5.32 Å². The molecular weight excluding hydrogens is 178 g/mol. The summed E-state index contributed by atoms with van der Waals surface area (Å²) in [5.41, 5.74) is 0. The second kappa shape index (κ2) is 8.21. The van der Waals surface area contributed by atoms with E-state index < -0.39 is 0 Å². The third-order valence-corrected chi connectivity index (χ3v) is 2.64. The van der Waals surface area contributed by atoms with Crippen LogP contribution in [0.4, 0.5) is 0 Å². The molecule has 1 N–H and O–H groups in total. The van der Waals surface area contributed by atoms with Crippen LogP contribution in [0.3, 0.4) is 0 Å². The summed E-state index contributed by atoms with van der Waals surface area (Å²) in [5.74, 6) is 0. The summed E-state index contributed by atoms with van der Waals surface area (Å²) in [7, 11) is 1.74. The maximum absolute atomic E-state index is 5.56. The first kappa shape index (κ1) is 12.0. The van der Waals surface area contributed by atoms with E-state index >= 15 is 0 Å². The van der Waals surface area contributed by atoms with Crippen molar-refractivity contribution < 1.29 is 9.47 Å². The molecule has 84 valence electrons. The van der Waals surface area contributed by atoms with Gasteiger partial charge in [-0.25, -0.2) is 0 Å². The van der Waals surface area contributed by atoms with Crippen LogP contribution >= 0.6 is 0 Å². The van der Waals surface area contributed by atoms with E-state index in [2.05, 4.69) is 5.32 Å². The first-order valence-corrected chi connectivity index (χ1v) is 5.74. The average molecular weight is 201 g/mol. The standard InChI is InChI=1S/C11H23NO2/c1-13-10-8-12-7-3-2-5-11-6-4-9-14-11/h11-12H,2-10H2,1H3. The molecule has 0 aromatic heterocycles. The highest BCUT2D eigenvalue weighted by atomic mass is 16.5. The minimum atomic E-state index is 0.564. The van der Waals surface area contributed by atoms with E-state index in [-0.39, 0.29) is 0 Å². The summed E-state index contributed by atoms with van der Waals surface area (Å²) in [6.45, 7) is 3.87. The van der Waals surface area contributed by atoms with Gasteiger partial charge in [-0.15, -0.1) is 0 Å². The minimum Gasteiger partial charge on any atom is -0.383 e. The van der Waals surface area contributed by atoms with Gasteiger partial charge in [-0.2, -0.15) is 0 Å². The highest BCUT2D eigenvalue weighted by Gasteiger charge is 2.13. The molecule has 1 heterocycles. The van der Waals surface area contributed by atoms with E-state index in [0.717, 1.165) is 26.3 Å². The Morgan fingerprint density at radius 2 is 2.29 bits per heavy atom. The number of unbranched alkanes of at least 4 members (excludes halogenated alkanes) is 1. The number of ether oxygens (including phenoxy) is 2. The van der Waals surface area contributed by atoms with Crippen LogP contribution in [0.15, 0.2) is 0 Å². The summed E-state index contributed by atoms with van der Waals surface area (Å²) < 4.78 is 10.5. The van der Waals surface area contributed by atoms with E-state index in [0.29, 0.717) is 6.10 Å². The van der Waals surface area contributed by atoms with Crippen molar-refractivity contribution in [2.45, 2.75) is 38.2 Å². The molecule has 3 nitrogen and oxygen atoms in total. The largest absolute Gasteiger partial charge is 0.383 e. The fourth-order valence-corrected chi connectivity index (χ4v) is 1.79. The van der Waals surface area contributed by atoms with Gasteiger partial charge in [-0.3, -0.25) is 0 Å². The van der Waals surface area contributed by atoms with E-state index in [1.54, 1.807) is 7.11 Å². The Hall–Kier alpha value is -0.120. The number of hydrogen-bond acceptors (Lipinski definition) is 3. The smallest absolute Gasteiger partial charge is 0.0587 e. The van der Waals surface area contributed by atoms with Gasteiger partial charge in [0.2, 0.25) is 0 Å². The van der Waals surface area contributed by atoms with Crippen LogP contribution in [0.25, 0.3) is 0 Å². The molecule has 1 rings (SSSR count). The van der Waals surface area contributed by atoms with Gasteiger partial charge in [0.15, 0.2) is 0 Å². The zero-order valence-electron chi connectivity index (χ0n) is 9.26. The van der Waals surface area contributed by atoms with Crippen molar-refractivity contribution in [3.05, 3.63) is 0 Å². The quantitative estimate of drug-likeness (QED) is 0.605. The fraction of sp³-hybridized carbons (Fsp3) is 1.00. The molecule has 0 bridgehead atoms. The van der Waals surface area contributed by atoms with Gasteiger partial charge in [0, 0.05) is 20.3 Å². The molecule has 0 aromatic rings. The predicted molar refractivity (Wildman–Crippen MR) is 57.6 cm³/mol. The summed E-state index contributed by atoms with van der Waals surface area (Å²) in [6, 6.07) is 0. The second-order valence-electron chi connectivity index (χ2n) is 3.87. The molecule has 3 heteroatoms. The molecule has 1 saturated heterocycles. The molecule has 1 unspecified atom stereocenters. The molecule has 1 fully saturated rings. The van der Waals surface area contributed by atoms with Gasteiger partial charge in [0.05, 0.1) is 12.7 Å². The molecule has 0 spiro atoms. The van der Waals surface area contributed by atoms with Gasteiger partial charge in [-0.05, 0) is 38.6 Å². The lowest BCUT2D eigenvalue weighted by molar-refractivity contribution is 0.102. The molecule has 14 heavy (non-hydrogen) atoms. The zero-order chi connectivity index (χ0) is 10.1. The lowest BCUT2D eigenvalue weighted by Gasteiger charge is -2.08. The Morgan fingerprint density at radius 3 is 3.00 bits per heavy atom. The first-order valence-electron chi connectivity index (χ1n) is 5.74. The van der Waals surface area contributed by atoms with Crippen LogP contribution in [0, 0.1) is 0 Å². The SMILES string of the molecule is COCCNCCCCC1CCCO1. The van der Waals surface area contributed by atoms with Crippen molar-refractivity contribution in [3.8, 4) is 0 Å². The first-order chi connectivity index (χ1) is 6.93. The summed E-state index contributed by atoms with van der Waals surface area (Å²) in [5, 5.41) is 3.35. The topological polar surface area (TPSA) is 30.5 Å². The Balaban J connectivity index is 1.75. The van der Waals surface area contributed by atoms with Crippen LogP contribution in [0.5, 0.6) is 0 Å². The van der Waals surface area contributed by atoms with Crippen LogP contribution in [-0.4, -0.2) is 39.5 Å². The Bertz CT molecular complexity index is 124. The second-order valence-corrected chi connectivity index (χ2v) is 3.87. The third kappa shape index (κ3) is 5.58. The monoisotopic (exact) mass is 201 g/mol. The summed E-state index contributed by atoms with van der Waals surface area (Å²) in [6.07, 6.45) is 6.88. The number of nitrogens with one attached hydrogen (secondary N) is 1. The number of methoxy groups -OCH3 is 1. The maximum atomic E-state index is 5.56. The normalized spacial score (nSPS) is 21.6. The number of rotatable bonds is 8. The lowest BCUT2D eigenvalue weighted by atomic mass is 10.1. The van der Waals surface area contributed by atoms with Gasteiger partial charge in [0.25, 0.3) is 0 Å². The maximum Gasteiger partial charge on any atom is 0.0587 e. The van der Waals surface area contributed by atoms with Gasteiger partial charge in [0.1, 0.15) is 0 Å². The average Bonchev–Trinajstić information content (AvgIpc) is 2.69. The van der Waals surface area contributed by atoms with E-state index in [9.17, 15) is 0 Å². The van der Waals surface area contributed by atoms with Crippen LogP contribution in [-0.2, 0) is 9.47 Å². The van der Waals surface area contributed by atoms with Crippen molar-refractivity contribution in [1.29, 1.82) is 0 Å². The summed E-state index contributed by atoms with van der Waals surface area (Å²) in [4.78, 5) is 0. The van der Waals surface area contributed by atoms with E-state index in [4.69, 9.17) is 9.47 Å². The molecule has 0 saturated carbocycles. The van der Waals surface area contributed by atoms with E-state index in [1.165, 1.54) is 32.1 Å². The number of hydrogen-bond donors (Lipinski definition) is 1. The predicted octanol–water partition coefficient (Wildman–Crippen LogP) is 1.57. The highest BCUT2D eigenvalue weighted by molar-refractivity contribution is 4.64. The molecule has 0 aromatic carbocycles. The van der Waals surface area contributed by atoms with Crippen molar-refractivity contribution >= 4 is 0 Å².